The molecule has 110 valence electrons. The first-order chi connectivity index (χ1) is 10.5. The van der Waals surface area contributed by atoms with E-state index in [2.05, 4.69) is 37.2 Å². The molecule has 3 aromatic rings. The van der Waals surface area contributed by atoms with Crippen molar-refractivity contribution >= 4 is 54.2 Å². The first-order valence-corrected chi connectivity index (χ1v) is 8.11. The second-order valence-corrected chi connectivity index (χ2v) is 6.51. The molecule has 0 saturated heterocycles. The average molecular weight is 421 g/mol. The van der Waals surface area contributed by atoms with Gasteiger partial charge in [0.2, 0.25) is 0 Å². The van der Waals surface area contributed by atoms with Crippen LogP contribution in [0, 0.1) is 0 Å². The number of hydrogen-bond acceptors (Lipinski definition) is 2. The van der Waals surface area contributed by atoms with Crippen LogP contribution < -0.4 is 5.32 Å². The van der Waals surface area contributed by atoms with E-state index < -0.39 is 0 Å². The fourth-order valence-corrected chi connectivity index (χ4v) is 3.36. The van der Waals surface area contributed by atoms with Crippen LogP contribution in [0.15, 0.2) is 63.5 Å². The number of aromatic hydroxyl groups is 1. The molecule has 0 aliphatic rings. The predicted molar refractivity (Wildman–Crippen MR) is 95.4 cm³/mol. The summed E-state index contributed by atoms with van der Waals surface area (Å²) in [6, 6.07) is 16.8. The van der Waals surface area contributed by atoms with Crippen molar-refractivity contribution in [3.05, 3.63) is 69.1 Å². The third kappa shape index (κ3) is 3.00. The number of rotatable bonds is 2. The van der Waals surface area contributed by atoms with Crippen molar-refractivity contribution in [2.75, 3.05) is 5.32 Å². The number of nitrogens with one attached hydrogen (secondary N) is 1. The van der Waals surface area contributed by atoms with Gasteiger partial charge in [0, 0.05) is 11.3 Å². The van der Waals surface area contributed by atoms with E-state index in [1.807, 2.05) is 36.4 Å². The fourth-order valence-electron chi connectivity index (χ4n) is 2.17. The lowest BCUT2D eigenvalue weighted by atomic mass is 10.1. The summed E-state index contributed by atoms with van der Waals surface area (Å²) < 4.78 is 1.02. The van der Waals surface area contributed by atoms with Gasteiger partial charge in [-0.15, -0.1) is 0 Å². The van der Waals surface area contributed by atoms with E-state index in [9.17, 15) is 9.90 Å². The van der Waals surface area contributed by atoms with Crippen molar-refractivity contribution < 1.29 is 9.90 Å². The summed E-state index contributed by atoms with van der Waals surface area (Å²) in [5, 5.41) is 14.6. The van der Waals surface area contributed by atoms with Crippen LogP contribution in [-0.2, 0) is 0 Å². The molecule has 0 heterocycles. The zero-order valence-electron chi connectivity index (χ0n) is 11.3. The van der Waals surface area contributed by atoms with Gasteiger partial charge in [0.05, 0.1) is 8.95 Å². The van der Waals surface area contributed by atoms with Crippen LogP contribution in [0.5, 0.6) is 5.75 Å². The van der Waals surface area contributed by atoms with E-state index in [1.165, 1.54) is 0 Å². The van der Waals surface area contributed by atoms with Crippen molar-refractivity contribution in [2.45, 2.75) is 0 Å². The molecular weight excluding hydrogens is 410 g/mol. The Morgan fingerprint density at radius 2 is 1.55 bits per heavy atom. The highest BCUT2D eigenvalue weighted by Crippen LogP contribution is 2.35. The predicted octanol–water partition coefficient (Wildman–Crippen LogP) is 5.32. The molecule has 1 amide bonds. The number of halogens is 2. The van der Waals surface area contributed by atoms with Crippen LogP contribution >= 0.6 is 31.9 Å². The van der Waals surface area contributed by atoms with Crippen molar-refractivity contribution in [3.63, 3.8) is 0 Å². The van der Waals surface area contributed by atoms with Crippen LogP contribution in [0.4, 0.5) is 5.69 Å². The first-order valence-electron chi connectivity index (χ1n) is 6.53. The number of fused-ring (bicyclic) bond motifs is 1. The number of phenols is 1. The monoisotopic (exact) mass is 419 g/mol. The minimum atomic E-state index is -0.199. The molecule has 5 heteroatoms. The van der Waals surface area contributed by atoms with Gasteiger partial charge in [-0.05, 0) is 66.9 Å². The van der Waals surface area contributed by atoms with Gasteiger partial charge in [-0.1, -0.05) is 30.3 Å². The summed E-state index contributed by atoms with van der Waals surface area (Å²) in [4.78, 5) is 12.4. The Morgan fingerprint density at radius 1 is 0.909 bits per heavy atom. The fraction of sp³-hybridized carbons (Fsp3) is 0. The maximum absolute atomic E-state index is 12.4. The Labute approximate surface area is 144 Å². The molecule has 0 radical (unpaired) electrons. The third-order valence-corrected chi connectivity index (χ3v) is 4.50. The number of anilines is 1. The minimum Gasteiger partial charge on any atom is -0.506 e. The molecule has 3 aromatic carbocycles. The average Bonchev–Trinajstić information content (AvgIpc) is 2.52. The minimum absolute atomic E-state index is 0.101. The van der Waals surface area contributed by atoms with Gasteiger partial charge in [0.25, 0.3) is 5.91 Å². The van der Waals surface area contributed by atoms with E-state index in [4.69, 9.17) is 0 Å². The van der Waals surface area contributed by atoms with E-state index in [-0.39, 0.29) is 11.7 Å². The van der Waals surface area contributed by atoms with Gasteiger partial charge in [0.1, 0.15) is 5.75 Å². The SMILES string of the molecule is O=C(Nc1cc(Br)c(O)c(Br)c1)c1ccc2ccccc2c1. The Hall–Kier alpha value is -1.85. The van der Waals surface area contributed by atoms with Crippen LogP contribution in [0.25, 0.3) is 10.8 Å². The largest absolute Gasteiger partial charge is 0.506 e. The summed E-state index contributed by atoms with van der Waals surface area (Å²) in [6.07, 6.45) is 0. The molecule has 0 aliphatic carbocycles. The number of hydrogen-bond donors (Lipinski definition) is 2. The van der Waals surface area contributed by atoms with E-state index in [0.29, 0.717) is 20.2 Å². The van der Waals surface area contributed by atoms with Crippen molar-refractivity contribution in [3.8, 4) is 5.75 Å². The molecule has 0 unspecified atom stereocenters. The van der Waals surface area contributed by atoms with Crippen LogP contribution in [0.3, 0.4) is 0 Å². The highest BCUT2D eigenvalue weighted by Gasteiger charge is 2.10. The smallest absolute Gasteiger partial charge is 0.255 e. The molecule has 22 heavy (non-hydrogen) atoms. The van der Waals surface area contributed by atoms with Crippen LogP contribution in [0.2, 0.25) is 0 Å². The summed E-state index contributed by atoms with van der Waals surface area (Å²) in [7, 11) is 0. The van der Waals surface area contributed by atoms with E-state index >= 15 is 0 Å². The molecule has 3 nitrogen and oxygen atoms in total. The molecule has 3 rings (SSSR count). The van der Waals surface area contributed by atoms with Gasteiger partial charge in [-0.2, -0.15) is 0 Å². The normalized spacial score (nSPS) is 10.6. The maximum Gasteiger partial charge on any atom is 0.255 e. The molecule has 0 aliphatic heterocycles. The number of amides is 1. The Balaban J connectivity index is 1.90. The summed E-state index contributed by atoms with van der Waals surface area (Å²) >= 11 is 6.49. The molecule has 0 fully saturated rings. The van der Waals surface area contributed by atoms with Crippen LogP contribution in [-0.4, -0.2) is 11.0 Å². The van der Waals surface area contributed by atoms with E-state index in [0.717, 1.165) is 10.8 Å². The topological polar surface area (TPSA) is 49.3 Å². The summed E-state index contributed by atoms with van der Waals surface area (Å²) in [6.45, 7) is 0. The number of carbonyl (C=O) groups excluding carboxylic acids is 1. The first kappa shape index (κ1) is 15.1. The second kappa shape index (κ2) is 6.10. The van der Waals surface area contributed by atoms with Gasteiger partial charge < -0.3 is 10.4 Å². The maximum atomic E-state index is 12.4. The van der Waals surface area contributed by atoms with Gasteiger partial charge in [-0.25, -0.2) is 0 Å². The summed E-state index contributed by atoms with van der Waals surface area (Å²) in [5.41, 5.74) is 1.17. The van der Waals surface area contributed by atoms with Crippen molar-refractivity contribution in [1.29, 1.82) is 0 Å². The van der Waals surface area contributed by atoms with Crippen molar-refractivity contribution in [1.82, 2.24) is 0 Å². The lowest BCUT2D eigenvalue weighted by Crippen LogP contribution is -2.11. The zero-order chi connectivity index (χ0) is 15.7. The van der Waals surface area contributed by atoms with Crippen molar-refractivity contribution in [2.24, 2.45) is 0 Å². The molecule has 0 bridgehead atoms. The Bertz CT molecular complexity index is 854. The lowest BCUT2D eigenvalue weighted by Gasteiger charge is -2.09. The third-order valence-electron chi connectivity index (χ3n) is 3.29. The molecular formula is C17H11Br2NO2. The standard InChI is InChI=1S/C17H11Br2NO2/c18-14-8-13(9-15(19)16(14)21)20-17(22)12-6-5-10-3-1-2-4-11(10)7-12/h1-9,21H,(H,20,22). The zero-order valence-corrected chi connectivity index (χ0v) is 14.5. The lowest BCUT2D eigenvalue weighted by molar-refractivity contribution is 0.102. The second-order valence-electron chi connectivity index (χ2n) is 4.80. The van der Waals surface area contributed by atoms with Gasteiger partial charge in [-0.3, -0.25) is 4.79 Å². The number of carbonyl (C=O) groups is 1. The number of phenolic OH excluding ortho intramolecular Hbond substituents is 1. The Morgan fingerprint density at radius 3 is 2.23 bits per heavy atom. The molecule has 0 spiro atoms. The molecule has 2 N–H and O–H groups in total. The highest BCUT2D eigenvalue weighted by molar-refractivity contribution is 9.11. The molecule has 0 aromatic heterocycles. The van der Waals surface area contributed by atoms with Crippen LogP contribution in [0.1, 0.15) is 10.4 Å². The number of benzene rings is 3. The molecule has 0 atom stereocenters. The van der Waals surface area contributed by atoms with Gasteiger partial charge in [0.15, 0.2) is 0 Å². The quantitative estimate of drug-likeness (QED) is 0.551. The summed E-state index contributed by atoms with van der Waals surface area (Å²) in [5.74, 6) is -0.0982. The van der Waals surface area contributed by atoms with Gasteiger partial charge >= 0.3 is 0 Å². The Kier molecular flexibility index (Phi) is 4.18. The highest BCUT2D eigenvalue weighted by atomic mass is 79.9. The van der Waals surface area contributed by atoms with E-state index in [1.54, 1.807) is 18.2 Å². The molecule has 0 saturated carbocycles.